The van der Waals surface area contributed by atoms with Gasteiger partial charge >= 0.3 is 0 Å². The summed E-state index contributed by atoms with van der Waals surface area (Å²) < 4.78 is 0. The van der Waals surface area contributed by atoms with Crippen LogP contribution in [0.4, 0.5) is 0 Å². The lowest BCUT2D eigenvalue weighted by Gasteiger charge is -2.15. The number of nitrogens with zero attached hydrogens (tertiary/aromatic N) is 1. The maximum Gasteiger partial charge on any atom is 0.0720 e. The smallest absolute Gasteiger partial charge is 0.0720 e. The molecule has 1 unspecified atom stereocenters. The van der Waals surface area contributed by atoms with E-state index >= 15 is 0 Å². The Balaban J connectivity index is 2.05. The molecule has 1 fully saturated rings. The Bertz CT molecular complexity index is 318. The zero-order valence-corrected chi connectivity index (χ0v) is 9.45. The minimum Gasteiger partial charge on any atom is -0.286 e. The molecule has 80 valence electrons. The molecule has 1 saturated carbocycles. The van der Waals surface area contributed by atoms with E-state index in [4.69, 9.17) is 4.99 Å². The first kappa shape index (κ1) is 10.4. The minimum atomic E-state index is 0.333. The molecule has 1 aromatic carbocycles. The van der Waals surface area contributed by atoms with Crippen molar-refractivity contribution in [3.05, 3.63) is 35.9 Å². The van der Waals surface area contributed by atoms with Crippen LogP contribution < -0.4 is 0 Å². The molecule has 0 heterocycles. The molecule has 0 amide bonds. The fourth-order valence-electron chi connectivity index (χ4n) is 2.17. The molecule has 1 aliphatic rings. The van der Waals surface area contributed by atoms with E-state index in [-0.39, 0.29) is 0 Å². The van der Waals surface area contributed by atoms with Crippen molar-refractivity contribution in [1.29, 1.82) is 0 Å². The molecule has 0 aliphatic heterocycles. The second-order valence-electron chi connectivity index (χ2n) is 4.34. The van der Waals surface area contributed by atoms with Crippen LogP contribution in [-0.2, 0) is 0 Å². The Morgan fingerprint density at radius 3 is 2.33 bits per heavy atom. The summed E-state index contributed by atoms with van der Waals surface area (Å²) in [4.78, 5) is 4.82. The van der Waals surface area contributed by atoms with Gasteiger partial charge in [-0.1, -0.05) is 36.8 Å². The van der Waals surface area contributed by atoms with Gasteiger partial charge < -0.3 is 0 Å². The van der Waals surface area contributed by atoms with Crippen molar-refractivity contribution in [1.82, 2.24) is 0 Å². The molecule has 0 N–H and O–H groups in total. The van der Waals surface area contributed by atoms with E-state index < -0.39 is 0 Å². The number of benzene rings is 1. The van der Waals surface area contributed by atoms with E-state index in [1.165, 1.54) is 43.4 Å². The summed E-state index contributed by atoms with van der Waals surface area (Å²) >= 11 is 0. The minimum absolute atomic E-state index is 0.333. The van der Waals surface area contributed by atoms with Crippen LogP contribution in [-0.4, -0.2) is 5.71 Å². The molecule has 0 bridgehead atoms. The Kier molecular flexibility index (Phi) is 3.54. The normalized spacial score (nSPS) is 18.6. The third-order valence-electron chi connectivity index (χ3n) is 3.09. The van der Waals surface area contributed by atoms with Gasteiger partial charge in [0.05, 0.1) is 6.04 Å². The first-order chi connectivity index (χ1) is 7.36. The van der Waals surface area contributed by atoms with Crippen LogP contribution in [0.25, 0.3) is 0 Å². The van der Waals surface area contributed by atoms with Gasteiger partial charge in [-0.2, -0.15) is 0 Å². The Morgan fingerprint density at radius 1 is 1.00 bits per heavy atom. The summed E-state index contributed by atoms with van der Waals surface area (Å²) in [5.41, 5.74) is 2.76. The highest BCUT2D eigenvalue weighted by Gasteiger charge is 2.09. The van der Waals surface area contributed by atoms with Crippen molar-refractivity contribution in [2.45, 2.75) is 45.1 Å². The Hall–Kier alpha value is -1.11. The molecule has 2 rings (SSSR count). The average Bonchev–Trinajstić information content (AvgIpc) is 2.31. The van der Waals surface area contributed by atoms with Crippen molar-refractivity contribution in [3.8, 4) is 0 Å². The van der Waals surface area contributed by atoms with Crippen LogP contribution in [0.5, 0.6) is 0 Å². The molecule has 0 saturated heterocycles. The van der Waals surface area contributed by atoms with Gasteiger partial charge in [0.1, 0.15) is 0 Å². The maximum absolute atomic E-state index is 4.82. The van der Waals surface area contributed by atoms with Gasteiger partial charge in [0.2, 0.25) is 0 Å². The zero-order valence-electron chi connectivity index (χ0n) is 9.45. The molecular formula is C14H19N. The van der Waals surface area contributed by atoms with Gasteiger partial charge in [-0.05, 0) is 38.2 Å². The third kappa shape index (κ3) is 2.92. The molecule has 1 aliphatic carbocycles. The topological polar surface area (TPSA) is 12.4 Å². The summed E-state index contributed by atoms with van der Waals surface area (Å²) in [6.07, 6.45) is 6.49. The monoisotopic (exact) mass is 201 g/mol. The molecule has 1 nitrogen and oxygen atoms in total. The van der Waals surface area contributed by atoms with Gasteiger partial charge in [-0.25, -0.2) is 0 Å². The predicted molar refractivity (Wildman–Crippen MR) is 65.4 cm³/mol. The van der Waals surface area contributed by atoms with Gasteiger partial charge in [0.25, 0.3) is 0 Å². The van der Waals surface area contributed by atoms with Gasteiger partial charge in [0.15, 0.2) is 0 Å². The lowest BCUT2D eigenvalue weighted by atomic mass is 9.98. The Labute approximate surface area is 92.2 Å². The molecule has 1 atom stereocenters. The molecule has 15 heavy (non-hydrogen) atoms. The van der Waals surface area contributed by atoms with Crippen LogP contribution in [0.3, 0.4) is 0 Å². The van der Waals surface area contributed by atoms with E-state index in [2.05, 4.69) is 37.3 Å². The molecular weight excluding hydrogens is 182 g/mol. The van der Waals surface area contributed by atoms with E-state index in [1.54, 1.807) is 0 Å². The van der Waals surface area contributed by atoms with Gasteiger partial charge in [-0.3, -0.25) is 4.99 Å². The largest absolute Gasteiger partial charge is 0.286 e. The van der Waals surface area contributed by atoms with E-state index in [1.807, 2.05) is 0 Å². The summed E-state index contributed by atoms with van der Waals surface area (Å²) in [5, 5.41) is 0. The molecule has 1 aromatic rings. The van der Waals surface area contributed by atoms with Crippen molar-refractivity contribution in [2.75, 3.05) is 0 Å². The average molecular weight is 201 g/mol. The van der Waals surface area contributed by atoms with Crippen LogP contribution >= 0.6 is 0 Å². The molecule has 0 aromatic heterocycles. The third-order valence-corrected chi connectivity index (χ3v) is 3.09. The fraction of sp³-hybridized carbons (Fsp3) is 0.500. The molecule has 1 heteroatoms. The second-order valence-corrected chi connectivity index (χ2v) is 4.34. The number of aliphatic imine (C=N–C) groups is 1. The fourth-order valence-corrected chi connectivity index (χ4v) is 2.17. The lowest BCUT2D eigenvalue weighted by Crippen LogP contribution is -2.06. The van der Waals surface area contributed by atoms with Crippen molar-refractivity contribution < 1.29 is 0 Å². The predicted octanol–water partition coefficient (Wildman–Crippen LogP) is 4.15. The quantitative estimate of drug-likeness (QED) is 0.681. The first-order valence-corrected chi connectivity index (χ1v) is 5.97. The number of rotatable bonds is 2. The van der Waals surface area contributed by atoms with Crippen LogP contribution in [0.15, 0.2) is 35.3 Å². The van der Waals surface area contributed by atoms with Gasteiger partial charge in [0, 0.05) is 5.71 Å². The van der Waals surface area contributed by atoms with Crippen molar-refractivity contribution >= 4 is 5.71 Å². The van der Waals surface area contributed by atoms with Crippen LogP contribution in [0.1, 0.15) is 50.6 Å². The standard InChI is InChI=1S/C14H19N/c1-12(13-8-4-2-5-9-13)15-14-10-6-3-7-11-14/h2,4-5,8-9,12H,3,6-7,10-11H2,1H3. The SMILES string of the molecule is CC(N=C1CCCCC1)c1ccccc1. The second kappa shape index (κ2) is 5.11. The van der Waals surface area contributed by atoms with Crippen molar-refractivity contribution in [2.24, 2.45) is 4.99 Å². The van der Waals surface area contributed by atoms with E-state index in [0.717, 1.165) is 0 Å². The molecule has 0 radical (unpaired) electrons. The van der Waals surface area contributed by atoms with Crippen LogP contribution in [0.2, 0.25) is 0 Å². The molecule has 0 spiro atoms. The highest BCUT2D eigenvalue weighted by atomic mass is 14.8. The lowest BCUT2D eigenvalue weighted by molar-refractivity contribution is 0.655. The maximum atomic E-state index is 4.82. The summed E-state index contributed by atoms with van der Waals surface area (Å²) in [7, 11) is 0. The summed E-state index contributed by atoms with van der Waals surface area (Å²) in [5.74, 6) is 0. The van der Waals surface area contributed by atoms with E-state index in [9.17, 15) is 0 Å². The number of hydrogen-bond acceptors (Lipinski definition) is 1. The summed E-state index contributed by atoms with van der Waals surface area (Å²) in [6, 6.07) is 10.9. The van der Waals surface area contributed by atoms with E-state index in [0.29, 0.717) is 6.04 Å². The first-order valence-electron chi connectivity index (χ1n) is 5.97. The highest BCUT2D eigenvalue weighted by molar-refractivity contribution is 5.85. The van der Waals surface area contributed by atoms with Crippen LogP contribution in [0, 0.1) is 0 Å². The van der Waals surface area contributed by atoms with Crippen molar-refractivity contribution in [3.63, 3.8) is 0 Å². The number of hydrogen-bond donors (Lipinski definition) is 0. The summed E-state index contributed by atoms with van der Waals surface area (Å²) in [6.45, 7) is 2.19. The Morgan fingerprint density at radius 2 is 1.67 bits per heavy atom. The highest BCUT2D eigenvalue weighted by Crippen LogP contribution is 2.21. The van der Waals surface area contributed by atoms with Gasteiger partial charge in [-0.15, -0.1) is 0 Å². The zero-order chi connectivity index (χ0) is 10.5.